The quantitative estimate of drug-likeness (QED) is 0.708. The van der Waals surface area contributed by atoms with Gasteiger partial charge in [0.05, 0.1) is 0 Å². The third-order valence-corrected chi connectivity index (χ3v) is 2.52. The van der Waals surface area contributed by atoms with Crippen molar-refractivity contribution in [3.05, 3.63) is 0 Å². The van der Waals surface area contributed by atoms with Crippen molar-refractivity contribution in [1.29, 1.82) is 0 Å². The van der Waals surface area contributed by atoms with Crippen molar-refractivity contribution in [1.82, 2.24) is 10.6 Å². The van der Waals surface area contributed by atoms with Crippen LogP contribution in [0.4, 0.5) is 0 Å². The summed E-state index contributed by atoms with van der Waals surface area (Å²) < 4.78 is 5.25. The van der Waals surface area contributed by atoms with Gasteiger partial charge in [0, 0.05) is 19.0 Å². The number of ether oxygens (including phenoxy) is 1. The topological polar surface area (TPSA) is 67.4 Å². The first-order valence-electron chi connectivity index (χ1n) is 6.03. The molecule has 5 heteroatoms. The summed E-state index contributed by atoms with van der Waals surface area (Å²) in [5.41, 5.74) is -0.464. The second-order valence-corrected chi connectivity index (χ2v) is 5.47. The second-order valence-electron chi connectivity index (χ2n) is 5.47. The molecule has 1 saturated heterocycles. The summed E-state index contributed by atoms with van der Waals surface area (Å²) in [7, 11) is 0. The summed E-state index contributed by atoms with van der Waals surface area (Å²) in [5, 5.41) is 5.92. The third kappa shape index (κ3) is 5.17. The highest BCUT2D eigenvalue weighted by atomic mass is 16.6. The summed E-state index contributed by atoms with van der Waals surface area (Å²) in [6.45, 7) is 7.90. The lowest BCUT2D eigenvalue weighted by molar-refractivity contribution is -0.156. The second kappa shape index (κ2) is 5.49. The molecule has 0 aromatic rings. The number of carbonyl (C=O) groups excluding carboxylic acids is 2. The molecule has 0 radical (unpaired) electrons. The maximum Gasteiger partial charge on any atom is 0.323 e. The Kier molecular flexibility index (Phi) is 4.51. The van der Waals surface area contributed by atoms with Gasteiger partial charge in [0.2, 0.25) is 5.91 Å². The molecule has 2 unspecified atom stereocenters. The molecule has 0 aromatic heterocycles. The Morgan fingerprint density at radius 1 is 1.59 bits per heavy atom. The molecule has 2 N–H and O–H groups in total. The van der Waals surface area contributed by atoms with E-state index in [1.165, 1.54) is 0 Å². The number of carbonyl (C=O) groups is 2. The van der Waals surface area contributed by atoms with Crippen LogP contribution in [0.25, 0.3) is 0 Å². The van der Waals surface area contributed by atoms with Crippen molar-refractivity contribution >= 4 is 11.9 Å². The van der Waals surface area contributed by atoms with Crippen LogP contribution in [-0.2, 0) is 14.3 Å². The summed E-state index contributed by atoms with van der Waals surface area (Å²) in [6, 6.07) is -0.223. The van der Waals surface area contributed by atoms with Gasteiger partial charge in [-0.3, -0.25) is 9.59 Å². The highest BCUT2D eigenvalue weighted by Gasteiger charge is 2.24. The Morgan fingerprint density at radius 2 is 2.24 bits per heavy atom. The van der Waals surface area contributed by atoms with E-state index in [1.807, 2.05) is 20.8 Å². The smallest absolute Gasteiger partial charge is 0.323 e. The fraction of sp³-hybridized carbons (Fsp3) is 0.833. The zero-order valence-corrected chi connectivity index (χ0v) is 11.0. The van der Waals surface area contributed by atoms with E-state index < -0.39 is 5.60 Å². The van der Waals surface area contributed by atoms with E-state index in [4.69, 9.17) is 4.74 Å². The molecule has 0 aliphatic carbocycles. The Balaban J connectivity index is 2.27. The minimum Gasteiger partial charge on any atom is -0.459 e. The predicted octanol–water partition coefficient (Wildman–Crippen LogP) is 0.585. The predicted molar refractivity (Wildman–Crippen MR) is 64.5 cm³/mol. The van der Waals surface area contributed by atoms with E-state index >= 15 is 0 Å². The Labute approximate surface area is 102 Å². The minimum atomic E-state index is -0.464. The number of rotatable bonds is 4. The normalized spacial score (nSPS) is 22.1. The summed E-state index contributed by atoms with van der Waals surface area (Å²) >= 11 is 0. The summed E-state index contributed by atoms with van der Waals surface area (Å²) in [5.74, 6) is -0.177. The van der Waals surface area contributed by atoms with Crippen LogP contribution in [0.5, 0.6) is 0 Å². The van der Waals surface area contributed by atoms with Gasteiger partial charge in [-0.05, 0) is 34.1 Å². The van der Waals surface area contributed by atoms with E-state index in [9.17, 15) is 9.59 Å². The molecule has 0 bridgehead atoms. The highest BCUT2D eigenvalue weighted by Crippen LogP contribution is 2.09. The molecule has 1 aliphatic heterocycles. The number of amides is 1. The van der Waals surface area contributed by atoms with Gasteiger partial charge < -0.3 is 15.4 Å². The zero-order valence-electron chi connectivity index (χ0n) is 11.0. The standard InChI is InChI=1S/C12H22N2O3/c1-8(11(16)17-12(2,3)4)13-7-9-5-6-10(15)14-9/h8-9,13H,5-7H2,1-4H3,(H,14,15). The van der Waals surface area contributed by atoms with Crippen LogP contribution < -0.4 is 10.6 Å². The Morgan fingerprint density at radius 3 is 2.71 bits per heavy atom. The van der Waals surface area contributed by atoms with Gasteiger partial charge in [0.1, 0.15) is 11.6 Å². The molecule has 0 aromatic carbocycles. The lowest BCUT2D eigenvalue weighted by Crippen LogP contribution is -2.44. The molecule has 1 rings (SSSR count). The third-order valence-electron chi connectivity index (χ3n) is 2.52. The molecule has 0 spiro atoms. The molecule has 5 nitrogen and oxygen atoms in total. The molecule has 1 aliphatic rings. The summed E-state index contributed by atoms with van der Waals surface area (Å²) in [6.07, 6.45) is 1.40. The van der Waals surface area contributed by atoms with E-state index in [0.29, 0.717) is 13.0 Å². The highest BCUT2D eigenvalue weighted by molar-refractivity contribution is 5.78. The van der Waals surface area contributed by atoms with Crippen molar-refractivity contribution in [2.45, 2.75) is 58.2 Å². The number of nitrogens with one attached hydrogen (secondary N) is 2. The molecule has 1 amide bonds. The molecule has 2 atom stereocenters. The van der Waals surface area contributed by atoms with Gasteiger partial charge in [-0.25, -0.2) is 0 Å². The van der Waals surface area contributed by atoms with E-state index in [2.05, 4.69) is 10.6 Å². The molecule has 17 heavy (non-hydrogen) atoms. The van der Waals surface area contributed by atoms with Gasteiger partial charge in [-0.2, -0.15) is 0 Å². The van der Waals surface area contributed by atoms with Crippen LogP contribution in [0.1, 0.15) is 40.5 Å². The van der Waals surface area contributed by atoms with Crippen molar-refractivity contribution < 1.29 is 14.3 Å². The van der Waals surface area contributed by atoms with E-state index in [-0.39, 0.29) is 24.0 Å². The van der Waals surface area contributed by atoms with E-state index in [0.717, 1.165) is 6.42 Å². The first kappa shape index (κ1) is 14.0. The maximum absolute atomic E-state index is 11.7. The van der Waals surface area contributed by atoms with Crippen molar-refractivity contribution in [3.63, 3.8) is 0 Å². The number of esters is 1. The van der Waals surface area contributed by atoms with Crippen LogP contribution in [0.15, 0.2) is 0 Å². The monoisotopic (exact) mass is 242 g/mol. The molecule has 0 saturated carbocycles. The molecule has 1 fully saturated rings. The molecular formula is C12H22N2O3. The zero-order chi connectivity index (χ0) is 13.1. The van der Waals surface area contributed by atoms with Gasteiger partial charge >= 0.3 is 5.97 Å². The molecule has 1 heterocycles. The van der Waals surface area contributed by atoms with Gasteiger partial charge in [-0.1, -0.05) is 0 Å². The average molecular weight is 242 g/mol. The first-order valence-corrected chi connectivity index (χ1v) is 6.03. The molecule has 98 valence electrons. The number of hydrogen-bond donors (Lipinski definition) is 2. The fourth-order valence-corrected chi connectivity index (χ4v) is 1.62. The fourth-order valence-electron chi connectivity index (χ4n) is 1.62. The lowest BCUT2D eigenvalue weighted by atomic mass is 10.2. The van der Waals surface area contributed by atoms with Crippen LogP contribution in [-0.4, -0.2) is 36.1 Å². The Hall–Kier alpha value is -1.10. The van der Waals surface area contributed by atoms with Crippen LogP contribution in [0.2, 0.25) is 0 Å². The SMILES string of the molecule is CC(NCC1CCC(=O)N1)C(=O)OC(C)(C)C. The number of hydrogen-bond acceptors (Lipinski definition) is 4. The average Bonchev–Trinajstić information content (AvgIpc) is 2.58. The maximum atomic E-state index is 11.7. The van der Waals surface area contributed by atoms with Crippen LogP contribution >= 0.6 is 0 Å². The Bertz CT molecular complexity index is 297. The molecular weight excluding hydrogens is 220 g/mol. The minimum absolute atomic E-state index is 0.0849. The van der Waals surface area contributed by atoms with Crippen molar-refractivity contribution in [3.8, 4) is 0 Å². The van der Waals surface area contributed by atoms with Crippen molar-refractivity contribution in [2.24, 2.45) is 0 Å². The van der Waals surface area contributed by atoms with Gasteiger partial charge in [0.15, 0.2) is 0 Å². The van der Waals surface area contributed by atoms with Gasteiger partial charge in [0.25, 0.3) is 0 Å². The largest absolute Gasteiger partial charge is 0.459 e. The lowest BCUT2D eigenvalue weighted by Gasteiger charge is -2.23. The first-order chi connectivity index (χ1) is 7.78. The van der Waals surface area contributed by atoms with E-state index in [1.54, 1.807) is 6.92 Å². The van der Waals surface area contributed by atoms with Crippen LogP contribution in [0, 0.1) is 0 Å². The van der Waals surface area contributed by atoms with Gasteiger partial charge in [-0.15, -0.1) is 0 Å². The van der Waals surface area contributed by atoms with Crippen LogP contribution in [0.3, 0.4) is 0 Å². The van der Waals surface area contributed by atoms with Crippen molar-refractivity contribution in [2.75, 3.05) is 6.54 Å². The summed E-state index contributed by atoms with van der Waals surface area (Å²) in [4.78, 5) is 22.6.